The number of methoxy groups -OCH3 is 1. The second kappa shape index (κ2) is 7.36. The summed E-state index contributed by atoms with van der Waals surface area (Å²) in [4.78, 5) is 18.7. The molecule has 1 amide bonds. The molecule has 20 heavy (non-hydrogen) atoms. The Morgan fingerprint density at radius 1 is 1.50 bits per heavy atom. The van der Waals surface area contributed by atoms with Crippen molar-refractivity contribution in [3.05, 3.63) is 30.1 Å². The van der Waals surface area contributed by atoms with Crippen molar-refractivity contribution in [3.8, 4) is 0 Å². The van der Waals surface area contributed by atoms with Gasteiger partial charge in [-0.15, -0.1) is 0 Å². The SMILES string of the molecule is COCCN(Cc1ccccn1)C(=O)C1CCCC1N. The molecular formula is C15H23N3O2. The van der Waals surface area contributed by atoms with E-state index >= 15 is 0 Å². The summed E-state index contributed by atoms with van der Waals surface area (Å²) in [6.45, 7) is 1.63. The number of carbonyl (C=O) groups excluding carboxylic acids is 1. The smallest absolute Gasteiger partial charge is 0.227 e. The van der Waals surface area contributed by atoms with Crippen molar-refractivity contribution < 1.29 is 9.53 Å². The lowest BCUT2D eigenvalue weighted by Crippen LogP contribution is -2.42. The molecule has 5 nitrogen and oxygen atoms in total. The van der Waals surface area contributed by atoms with E-state index in [2.05, 4.69) is 4.98 Å². The van der Waals surface area contributed by atoms with E-state index < -0.39 is 0 Å². The van der Waals surface area contributed by atoms with E-state index in [0.717, 1.165) is 25.0 Å². The fraction of sp³-hybridized carbons (Fsp3) is 0.600. The fourth-order valence-corrected chi connectivity index (χ4v) is 2.69. The normalized spacial score (nSPS) is 21.9. The van der Waals surface area contributed by atoms with Crippen LogP contribution < -0.4 is 5.73 Å². The molecule has 2 unspecified atom stereocenters. The summed E-state index contributed by atoms with van der Waals surface area (Å²) in [5, 5.41) is 0. The van der Waals surface area contributed by atoms with Gasteiger partial charge in [-0.1, -0.05) is 12.5 Å². The van der Waals surface area contributed by atoms with Gasteiger partial charge >= 0.3 is 0 Å². The molecule has 0 saturated heterocycles. The maximum atomic E-state index is 12.6. The Balaban J connectivity index is 2.04. The lowest BCUT2D eigenvalue weighted by Gasteiger charge is -2.26. The fourth-order valence-electron chi connectivity index (χ4n) is 2.69. The number of carbonyl (C=O) groups is 1. The van der Waals surface area contributed by atoms with Crippen LogP contribution in [0.4, 0.5) is 0 Å². The molecule has 1 saturated carbocycles. The van der Waals surface area contributed by atoms with Crippen LogP contribution >= 0.6 is 0 Å². The molecule has 0 spiro atoms. The molecule has 0 aliphatic heterocycles. The molecule has 0 aromatic carbocycles. The summed E-state index contributed by atoms with van der Waals surface area (Å²) in [6, 6.07) is 5.73. The summed E-state index contributed by atoms with van der Waals surface area (Å²) in [7, 11) is 1.64. The average molecular weight is 277 g/mol. The first-order chi connectivity index (χ1) is 9.72. The number of nitrogens with two attached hydrogens (primary N) is 1. The van der Waals surface area contributed by atoms with E-state index in [-0.39, 0.29) is 17.9 Å². The highest BCUT2D eigenvalue weighted by molar-refractivity contribution is 5.79. The standard InChI is InChI=1S/C15H23N3O2/c1-20-10-9-18(11-12-5-2-3-8-17-12)15(19)13-6-4-7-14(13)16/h2-3,5,8,13-14H,4,6-7,9-11,16H2,1H3. The van der Waals surface area contributed by atoms with Crippen molar-refractivity contribution in [1.29, 1.82) is 0 Å². The molecule has 2 rings (SSSR count). The molecule has 2 atom stereocenters. The van der Waals surface area contributed by atoms with Crippen molar-refractivity contribution in [3.63, 3.8) is 0 Å². The number of pyridine rings is 1. The predicted octanol–water partition coefficient (Wildman–Crippen LogP) is 1.18. The molecule has 1 aromatic heterocycles. The number of rotatable bonds is 6. The third-order valence-corrected chi connectivity index (χ3v) is 3.84. The van der Waals surface area contributed by atoms with Gasteiger partial charge in [0.05, 0.1) is 24.8 Å². The van der Waals surface area contributed by atoms with E-state index in [0.29, 0.717) is 19.7 Å². The molecule has 2 N–H and O–H groups in total. The molecule has 0 radical (unpaired) electrons. The molecule has 1 aliphatic rings. The average Bonchev–Trinajstić information content (AvgIpc) is 2.90. The van der Waals surface area contributed by atoms with E-state index in [1.165, 1.54) is 0 Å². The van der Waals surface area contributed by atoms with Crippen LogP contribution in [0.2, 0.25) is 0 Å². The van der Waals surface area contributed by atoms with Crippen molar-refractivity contribution in [2.75, 3.05) is 20.3 Å². The van der Waals surface area contributed by atoms with Gasteiger partial charge in [0.1, 0.15) is 0 Å². The minimum Gasteiger partial charge on any atom is -0.383 e. The molecule has 0 bridgehead atoms. The summed E-state index contributed by atoms with van der Waals surface area (Å²) < 4.78 is 5.10. The van der Waals surface area contributed by atoms with Crippen molar-refractivity contribution >= 4 is 5.91 Å². The maximum Gasteiger partial charge on any atom is 0.227 e. The van der Waals surface area contributed by atoms with E-state index in [1.54, 1.807) is 13.3 Å². The molecule has 5 heteroatoms. The van der Waals surface area contributed by atoms with Gasteiger partial charge in [-0.25, -0.2) is 0 Å². The van der Waals surface area contributed by atoms with Gasteiger partial charge in [-0.2, -0.15) is 0 Å². The summed E-state index contributed by atoms with van der Waals surface area (Å²) in [5.41, 5.74) is 6.94. The van der Waals surface area contributed by atoms with Crippen LogP contribution in [0.1, 0.15) is 25.0 Å². The Hall–Kier alpha value is -1.46. The maximum absolute atomic E-state index is 12.6. The molecule has 1 heterocycles. The monoisotopic (exact) mass is 277 g/mol. The van der Waals surface area contributed by atoms with Gasteiger partial charge in [-0.05, 0) is 25.0 Å². The summed E-state index contributed by atoms with van der Waals surface area (Å²) >= 11 is 0. The van der Waals surface area contributed by atoms with Gasteiger partial charge in [-0.3, -0.25) is 9.78 Å². The second-order valence-corrected chi connectivity index (χ2v) is 5.27. The van der Waals surface area contributed by atoms with Crippen molar-refractivity contribution in [2.45, 2.75) is 31.8 Å². The number of hydrogen-bond donors (Lipinski definition) is 1. The molecule has 1 aliphatic carbocycles. The van der Waals surface area contributed by atoms with Crippen LogP contribution in [0.5, 0.6) is 0 Å². The Morgan fingerprint density at radius 2 is 2.35 bits per heavy atom. The summed E-state index contributed by atoms with van der Waals surface area (Å²) in [5.74, 6) is 0.0910. The van der Waals surface area contributed by atoms with Crippen LogP contribution in [-0.4, -0.2) is 42.1 Å². The Kier molecular flexibility index (Phi) is 5.49. The van der Waals surface area contributed by atoms with E-state index in [9.17, 15) is 4.79 Å². The zero-order valence-electron chi connectivity index (χ0n) is 12.0. The minimum absolute atomic E-state index is 0.00345. The van der Waals surface area contributed by atoms with E-state index in [1.807, 2.05) is 23.1 Å². The molecule has 1 fully saturated rings. The number of hydrogen-bond acceptors (Lipinski definition) is 4. The van der Waals surface area contributed by atoms with Crippen LogP contribution in [0, 0.1) is 5.92 Å². The van der Waals surface area contributed by atoms with Crippen molar-refractivity contribution in [2.24, 2.45) is 11.7 Å². The van der Waals surface area contributed by atoms with Gasteiger partial charge in [0, 0.05) is 25.9 Å². The summed E-state index contributed by atoms with van der Waals surface area (Å²) in [6.07, 6.45) is 4.62. The number of aromatic nitrogens is 1. The lowest BCUT2D eigenvalue weighted by atomic mass is 10.0. The van der Waals surface area contributed by atoms with Crippen molar-refractivity contribution in [1.82, 2.24) is 9.88 Å². The third kappa shape index (κ3) is 3.77. The highest BCUT2D eigenvalue weighted by atomic mass is 16.5. The van der Waals surface area contributed by atoms with Crippen LogP contribution in [0.25, 0.3) is 0 Å². The Labute approximate surface area is 120 Å². The zero-order valence-corrected chi connectivity index (χ0v) is 12.0. The highest BCUT2D eigenvalue weighted by Gasteiger charge is 2.33. The van der Waals surface area contributed by atoms with E-state index in [4.69, 9.17) is 10.5 Å². The number of ether oxygens (including phenoxy) is 1. The lowest BCUT2D eigenvalue weighted by molar-refractivity contribution is -0.137. The van der Waals surface area contributed by atoms with Crippen LogP contribution in [0.15, 0.2) is 24.4 Å². The Bertz CT molecular complexity index is 424. The highest BCUT2D eigenvalue weighted by Crippen LogP contribution is 2.26. The zero-order chi connectivity index (χ0) is 14.4. The van der Waals surface area contributed by atoms with Crippen LogP contribution in [-0.2, 0) is 16.1 Å². The Morgan fingerprint density at radius 3 is 2.95 bits per heavy atom. The first-order valence-corrected chi connectivity index (χ1v) is 7.15. The predicted molar refractivity (Wildman–Crippen MR) is 76.8 cm³/mol. The minimum atomic E-state index is -0.0458. The van der Waals surface area contributed by atoms with Gasteiger partial charge in [0.15, 0.2) is 0 Å². The molecular weight excluding hydrogens is 254 g/mol. The van der Waals surface area contributed by atoms with Gasteiger partial charge in [0.25, 0.3) is 0 Å². The topological polar surface area (TPSA) is 68.5 Å². The number of nitrogens with zero attached hydrogens (tertiary/aromatic N) is 2. The molecule has 1 aromatic rings. The largest absolute Gasteiger partial charge is 0.383 e. The second-order valence-electron chi connectivity index (χ2n) is 5.27. The first kappa shape index (κ1) is 14.9. The van der Waals surface area contributed by atoms with Crippen LogP contribution in [0.3, 0.4) is 0 Å². The third-order valence-electron chi connectivity index (χ3n) is 3.84. The first-order valence-electron chi connectivity index (χ1n) is 7.15. The molecule has 110 valence electrons. The van der Waals surface area contributed by atoms with Gasteiger partial charge in [0.2, 0.25) is 5.91 Å². The quantitative estimate of drug-likeness (QED) is 0.848. The van der Waals surface area contributed by atoms with Gasteiger partial charge < -0.3 is 15.4 Å². The number of amides is 1.